The molecule has 0 aromatic rings. The van der Waals surface area contributed by atoms with Gasteiger partial charge in [-0.05, 0) is 38.5 Å². The van der Waals surface area contributed by atoms with Crippen LogP contribution in [-0.2, 0) is 4.79 Å². The Hall–Kier alpha value is -0.950. The molecule has 6 heteroatoms. The summed E-state index contributed by atoms with van der Waals surface area (Å²) in [5, 5.41) is 44.0. The molecule has 0 saturated heterocycles. The highest BCUT2D eigenvalue weighted by molar-refractivity contribution is 5.80. The van der Waals surface area contributed by atoms with E-state index in [9.17, 15) is 25.2 Å². The Labute approximate surface area is 400 Å². The minimum absolute atomic E-state index is 0.365. The zero-order valence-corrected chi connectivity index (χ0v) is 43.3. The van der Waals surface area contributed by atoms with E-state index < -0.39 is 36.9 Å². The molecular weight excluding hydrogens is 791 g/mol. The SMILES string of the molecule is CCCCCCCCCCC/C=C\CCCCCCCCC(O)C(=O)NC(CO)C(O)C(O)CCCCCCCCCCCCCCCCCCCCCCCCCCCCCCC. The van der Waals surface area contributed by atoms with E-state index in [0.717, 1.165) is 44.9 Å². The molecule has 382 valence electrons. The predicted octanol–water partition coefficient (Wildman–Crippen LogP) is 16.9. The highest BCUT2D eigenvalue weighted by Crippen LogP contribution is 2.18. The molecule has 4 atom stereocenters. The van der Waals surface area contributed by atoms with Crippen molar-refractivity contribution in [2.24, 2.45) is 0 Å². The number of nitrogens with one attached hydrogen (secondary N) is 1. The van der Waals surface area contributed by atoms with Gasteiger partial charge in [-0.1, -0.05) is 296 Å². The lowest BCUT2D eigenvalue weighted by Crippen LogP contribution is -2.53. The Bertz CT molecular complexity index is 928. The van der Waals surface area contributed by atoms with Crippen molar-refractivity contribution in [1.82, 2.24) is 5.32 Å². The molecule has 0 saturated carbocycles. The second-order valence-corrected chi connectivity index (χ2v) is 20.3. The second kappa shape index (κ2) is 53.0. The Morgan fingerprint density at radius 2 is 0.625 bits per heavy atom. The average Bonchev–Trinajstić information content (AvgIpc) is 3.30. The largest absolute Gasteiger partial charge is 0.394 e. The summed E-state index contributed by atoms with van der Waals surface area (Å²) in [4.78, 5) is 12.6. The van der Waals surface area contributed by atoms with Crippen LogP contribution in [0.5, 0.6) is 0 Å². The number of carbonyl (C=O) groups excluding carboxylic acids is 1. The third-order valence-corrected chi connectivity index (χ3v) is 14.0. The molecule has 1 amide bonds. The van der Waals surface area contributed by atoms with Gasteiger partial charge in [0, 0.05) is 0 Å². The van der Waals surface area contributed by atoms with Crippen LogP contribution in [0.3, 0.4) is 0 Å². The van der Waals surface area contributed by atoms with Crippen molar-refractivity contribution >= 4 is 5.91 Å². The molecule has 0 aliphatic rings. The van der Waals surface area contributed by atoms with Crippen molar-refractivity contribution in [1.29, 1.82) is 0 Å². The van der Waals surface area contributed by atoms with Crippen molar-refractivity contribution in [3.63, 3.8) is 0 Å². The van der Waals surface area contributed by atoms with Gasteiger partial charge >= 0.3 is 0 Å². The lowest BCUT2D eigenvalue weighted by Gasteiger charge is -2.27. The molecule has 0 spiro atoms. The smallest absolute Gasteiger partial charge is 0.249 e. The van der Waals surface area contributed by atoms with Crippen LogP contribution in [-0.4, -0.2) is 57.3 Å². The minimum Gasteiger partial charge on any atom is -0.394 e. The standard InChI is InChI=1S/C58H115NO5/c1-3-5-7-9-11-13-15-17-19-21-23-24-25-26-27-28-29-30-31-32-34-35-37-39-41-43-45-47-49-51-55(61)57(63)54(53-60)59-58(64)56(62)52-50-48-46-44-42-40-38-36-33-22-20-18-16-14-12-10-8-6-4-2/h33,36,54-57,60-63H,3-32,34-35,37-53H2,1-2H3,(H,59,64)/b36-33-. The zero-order valence-electron chi connectivity index (χ0n) is 43.3. The number of aliphatic hydroxyl groups excluding tert-OH is 4. The van der Waals surface area contributed by atoms with E-state index in [4.69, 9.17) is 0 Å². The van der Waals surface area contributed by atoms with Crippen LogP contribution in [0.25, 0.3) is 0 Å². The lowest BCUT2D eigenvalue weighted by molar-refractivity contribution is -0.132. The normalized spacial score (nSPS) is 13.8. The molecule has 0 fully saturated rings. The minimum atomic E-state index is -1.26. The fourth-order valence-electron chi connectivity index (χ4n) is 9.40. The van der Waals surface area contributed by atoms with Crippen LogP contribution in [0.1, 0.15) is 322 Å². The monoisotopic (exact) mass is 906 g/mol. The second-order valence-electron chi connectivity index (χ2n) is 20.3. The van der Waals surface area contributed by atoms with E-state index in [1.165, 1.54) is 250 Å². The van der Waals surface area contributed by atoms with Crippen LogP contribution in [0, 0.1) is 0 Å². The molecule has 0 bridgehead atoms. The summed E-state index contributed by atoms with van der Waals surface area (Å²) in [6.07, 6.45) is 62.9. The molecule has 0 aliphatic carbocycles. The maximum absolute atomic E-state index is 12.6. The first-order valence-electron chi connectivity index (χ1n) is 29.1. The van der Waals surface area contributed by atoms with Crippen molar-refractivity contribution in [3.05, 3.63) is 12.2 Å². The van der Waals surface area contributed by atoms with Crippen LogP contribution < -0.4 is 5.32 Å². The highest BCUT2D eigenvalue weighted by Gasteiger charge is 2.28. The van der Waals surface area contributed by atoms with E-state index in [1.807, 2.05) is 0 Å². The molecule has 0 rings (SSSR count). The Kier molecular flexibility index (Phi) is 52.2. The summed E-state index contributed by atoms with van der Waals surface area (Å²) < 4.78 is 0. The molecule has 0 aromatic carbocycles. The first-order valence-corrected chi connectivity index (χ1v) is 29.1. The van der Waals surface area contributed by atoms with E-state index in [0.29, 0.717) is 12.8 Å². The van der Waals surface area contributed by atoms with Gasteiger partial charge in [0.15, 0.2) is 0 Å². The number of hydrogen-bond acceptors (Lipinski definition) is 5. The number of amides is 1. The van der Waals surface area contributed by atoms with Gasteiger partial charge in [0.25, 0.3) is 0 Å². The Morgan fingerprint density at radius 1 is 0.375 bits per heavy atom. The lowest BCUT2D eigenvalue weighted by atomic mass is 9.99. The molecule has 0 aliphatic heterocycles. The first-order chi connectivity index (χ1) is 31.5. The van der Waals surface area contributed by atoms with Crippen molar-refractivity contribution < 1.29 is 25.2 Å². The third kappa shape index (κ3) is 46.2. The molecule has 64 heavy (non-hydrogen) atoms. The number of unbranched alkanes of at least 4 members (excludes halogenated alkanes) is 43. The van der Waals surface area contributed by atoms with Crippen molar-refractivity contribution in [3.8, 4) is 0 Å². The van der Waals surface area contributed by atoms with Gasteiger partial charge in [-0.25, -0.2) is 0 Å². The van der Waals surface area contributed by atoms with Crippen LogP contribution in [0.4, 0.5) is 0 Å². The van der Waals surface area contributed by atoms with E-state index in [2.05, 4.69) is 31.3 Å². The summed E-state index contributed by atoms with van der Waals surface area (Å²) in [7, 11) is 0. The summed E-state index contributed by atoms with van der Waals surface area (Å²) in [5.41, 5.74) is 0. The number of allylic oxidation sites excluding steroid dienone is 2. The molecule has 4 unspecified atom stereocenters. The molecule has 0 heterocycles. The fourth-order valence-corrected chi connectivity index (χ4v) is 9.40. The number of hydrogen-bond donors (Lipinski definition) is 5. The predicted molar refractivity (Wildman–Crippen MR) is 279 cm³/mol. The van der Waals surface area contributed by atoms with Gasteiger partial charge in [-0.2, -0.15) is 0 Å². The van der Waals surface area contributed by atoms with Gasteiger partial charge in [-0.3, -0.25) is 4.79 Å². The quantitative estimate of drug-likeness (QED) is 0.0308. The summed E-state index contributed by atoms with van der Waals surface area (Å²) in [6.45, 7) is 4.09. The maximum Gasteiger partial charge on any atom is 0.249 e. The summed E-state index contributed by atoms with van der Waals surface area (Å²) in [6, 6.07) is -0.986. The van der Waals surface area contributed by atoms with Crippen molar-refractivity contribution in [2.45, 2.75) is 346 Å². The molecule has 5 N–H and O–H groups in total. The zero-order chi connectivity index (χ0) is 46.7. The molecule has 0 radical (unpaired) electrons. The van der Waals surface area contributed by atoms with Gasteiger partial charge in [0.05, 0.1) is 18.8 Å². The van der Waals surface area contributed by atoms with Gasteiger partial charge in [0.2, 0.25) is 5.91 Å². The van der Waals surface area contributed by atoms with Crippen LogP contribution in [0.15, 0.2) is 12.2 Å². The topological polar surface area (TPSA) is 110 Å². The van der Waals surface area contributed by atoms with Crippen molar-refractivity contribution in [2.75, 3.05) is 6.61 Å². The number of carbonyl (C=O) groups is 1. The van der Waals surface area contributed by atoms with E-state index in [1.54, 1.807) is 0 Å². The summed E-state index contributed by atoms with van der Waals surface area (Å²) >= 11 is 0. The number of rotatable bonds is 54. The number of aliphatic hydroxyl groups is 4. The van der Waals surface area contributed by atoms with E-state index in [-0.39, 0.29) is 0 Å². The van der Waals surface area contributed by atoms with E-state index >= 15 is 0 Å². The average molecular weight is 907 g/mol. The van der Waals surface area contributed by atoms with Gasteiger partial charge < -0.3 is 25.7 Å². The van der Waals surface area contributed by atoms with Gasteiger partial charge in [-0.15, -0.1) is 0 Å². The summed E-state index contributed by atoms with van der Waals surface area (Å²) in [5.74, 6) is -0.583. The molecule has 0 aromatic heterocycles. The van der Waals surface area contributed by atoms with Gasteiger partial charge in [0.1, 0.15) is 12.2 Å². The first kappa shape index (κ1) is 63.0. The molecule has 6 nitrogen and oxygen atoms in total. The molecular formula is C58H115NO5. The van der Waals surface area contributed by atoms with Crippen LogP contribution >= 0.6 is 0 Å². The Balaban J connectivity index is 3.58. The fraction of sp³-hybridized carbons (Fsp3) is 0.948. The maximum atomic E-state index is 12.6. The Morgan fingerprint density at radius 3 is 0.906 bits per heavy atom. The van der Waals surface area contributed by atoms with Crippen LogP contribution in [0.2, 0.25) is 0 Å². The highest BCUT2D eigenvalue weighted by atomic mass is 16.3. The third-order valence-electron chi connectivity index (χ3n) is 14.0.